The Morgan fingerprint density at radius 2 is 1.47 bits per heavy atom. The molecule has 1 aromatic rings. The number of carbonyl (C=O) groups excluding carboxylic acids is 3. The zero-order valence-electron chi connectivity index (χ0n) is 17.8. The van der Waals surface area contributed by atoms with E-state index in [9.17, 15) is 14.4 Å². The number of hydrogen-bond donors (Lipinski definition) is 1. The number of amides is 3. The molecule has 8 heteroatoms. The number of thioether (sulfide) groups is 1. The minimum Gasteiger partial charge on any atom is -0.342 e. The number of anilines is 1. The van der Waals surface area contributed by atoms with E-state index in [0.29, 0.717) is 25.4 Å². The lowest BCUT2D eigenvalue weighted by Crippen LogP contribution is -2.52. The van der Waals surface area contributed by atoms with Crippen LogP contribution < -0.4 is 5.32 Å². The molecular weight excluding hydrogens is 400 g/mol. The van der Waals surface area contributed by atoms with Gasteiger partial charge in [0.25, 0.3) is 0 Å². The van der Waals surface area contributed by atoms with Crippen LogP contribution in [0.15, 0.2) is 24.3 Å². The molecule has 2 aliphatic heterocycles. The summed E-state index contributed by atoms with van der Waals surface area (Å²) in [4.78, 5) is 42.8. The van der Waals surface area contributed by atoms with Gasteiger partial charge in [0, 0.05) is 45.0 Å². The first kappa shape index (κ1) is 22.6. The molecule has 0 aromatic heterocycles. The number of piperazine rings is 1. The van der Waals surface area contributed by atoms with Crippen molar-refractivity contribution in [1.29, 1.82) is 0 Å². The van der Waals surface area contributed by atoms with Crippen LogP contribution in [-0.4, -0.2) is 89.7 Å². The molecule has 0 spiro atoms. The largest absolute Gasteiger partial charge is 0.342 e. The van der Waals surface area contributed by atoms with Gasteiger partial charge >= 0.3 is 0 Å². The fourth-order valence-electron chi connectivity index (χ4n) is 3.75. The number of nitrogens with one attached hydrogen (secondary N) is 1. The molecule has 2 aliphatic rings. The van der Waals surface area contributed by atoms with Gasteiger partial charge in [0.05, 0.1) is 18.1 Å². The van der Waals surface area contributed by atoms with Crippen molar-refractivity contribution in [2.24, 2.45) is 0 Å². The van der Waals surface area contributed by atoms with Crippen LogP contribution >= 0.6 is 11.8 Å². The van der Waals surface area contributed by atoms with Gasteiger partial charge in [-0.05, 0) is 38.3 Å². The second kappa shape index (κ2) is 11.4. The Hall–Kier alpha value is -2.06. The van der Waals surface area contributed by atoms with Crippen LogP contribution in [0.4, 0.5) is 5.69 Å². The smallest absolute Gasteiger partial charge is 0.236 e. The molecule has 0 atom stereocenters. The molecule has 7 nitrogen and oxygen atoms in total. The molecule has 2 saturated heterocycles. The molecule has 164 valence electrons. The van der Waals surface area contributed by atoms with Crippen molar-refractivity contribution >= 4 is 35.2 Å². The van der Waals surface area contributed by atoms with Gasteiger partial charge < -0.3 is 15.1 Å². The van der Waals surface area contributed by atoms with Gasteiger partial charge in [-0.25, -0.2) is 0 Å². The Morgan fingerprint density at radius 1 is 0.833 bits per heavy atom. The van der Waals surface area contributed by atoms with Gasteiger partial charge in [0.1, 0.15) is 0 Å². The third-order valence-electron chi connectivity index (χ3n) is 5.59. The third kappa shape index (κ3) is 7.02. The number of hydrogen-bond acceptors (Lipinski definition) is 5. The number of benzene rings is 1. The average Bonchev–Trinajstić information content (AvgIpc) is 2.76. The summed E-state index contributed by atoms with van der Waals surface area (Å²) in [7, 11) is 0. The van der Waals surface area contributed by atoms with E-state index in [1.807, 2.05) is 41.0 Å². The van der Waals surface area contributed by atoms with Crippen LogP contribution in [0.3, 0.4) is 0 Å². The van der Waals surface area contributed by atoms with Crippen LogP contribution in [-0.2, 0) is 14.4 Å². The maximum atomic E-state index is 12.4. The van der Waals surface area contributed by atoms with Gasteiger partial charge in [0.15, 0.2) is 0 Å². The lowest BCUT2D eigenvalue weighted by Gasteiger charge is -2.36. The molecule has 1 aromatic carbocycles. The molecule has 3 rings (SSSR count). The van der Waals surface area contributed by atoms with Crippen molar-refractivity contribution < 1.29 is 14.4 Å². The summed E-state index contributed by atoms with van der Waals surface area (Å²) in [6.07, 6.45) is 3.43. The first-order chi connectivity index (χ1) is 14.5. The van der Waals surface area contributed by atoms with Gasteiger partial charge in [-0.3, -0.25) is 19.3 Å². The van der Waals surface area contributed by atoms with E-state index in [0.717, 1.165) is 50.3 Å². The Morgan fingerprint density at radius 3 is 2.13 bits per heavy atom. The molecule has 0 saturated carbocycles. The van der Waals surface area contributed by atoms with E-state index in [4.69, 9.17) is 0 Å². The molecule has 0 bridgehead atoms. The summed E-state index contributed by atoms with van der Waals surface area (Å²) < 4.78 is 0. The van der Waals surface area contributed by atoms with Gasteiger partial charge in [-0.15, -0.1) is 11.8 Å². The second-order valence-corrected chi connectivity index (χ2v) is 8.99. The lowest BCUT2D eigenvalue weighted by molar-refractivity contribution is -0.134. The number of nitrogens with zero attached hydrogens (tertiary/aromatic N) is 3. The SMILES string of the molecule is Cc1ccc(NC(=O)CSCC(=O)N2CCN(CC(=O)N3CCCCC3)CC2)cc1. The zero-order chi connectivity index (χ0) is 21.3. The highest BCUT2D eigenvalue weighted by Gasteiger charge is 2.24. The first-order valence-electron chi connectivity index (χ1n) is 10.7. The summed E-state index contributed by atoms with van der Waals surface area (Å²) in [5.74, 6) is 0.727. The molecule has 3 amide bonds. The van der Waals surface area contributed by atoms with Crippen LogP contribution in [0.1, 0.15) is 24.8 Å². The fourth-order valence-corrected chi connectivity index (χ4v) is 4.46. The molecule has 2 fully saturated rings. The number of carbonyl (C=O) groups is 3. The standard InChI is InChI=1S/C22H32N4O3S/c1-18-5-7-19(8-6-18)23-20(27)16-30-17-22(29)26-13-11-24(12-14-26)15-21(28)25-9-3-2-4-10-25/h5-8H,2-4,9-17H2,1H3,(H,23,27). The van der Waals surface area contributed by atoms with Crippen LogP contribution in [0.25, 0.3) is 0 Å². The second-order valence-electron chi connectivity index (χ2n) is 8.01. The highest BCUT2D eigenvalue weighted by atomic mass is 32.2. The fraction of sp³-hybridized carbons (Fsp3) is 0.591. The van der Waals surface area contributed by atoms with Crippen molar-refractivity contribution in [3.05, 3.63) is 29.8 Å². The van der Waals surface area contributed by atoms with Crippen molar-refractivity contribution in [1.82, 2.24) is 14.7 Å². The summed E-state index contributed by atoms with van der Waals surface area (Å²) >= 11 is 1.34. The monoisotopic (exact) mass is 432 g/mol. The highest BCUT2D eigenvalue weighted by Crippen LogP contribution is 2.12. The molecular formula is C22H32N4O3S. The predicted molar refractivity (Wildman–Crippen MR) is 121 cm³/mol. The Bertz CT molecular complexity index is 726. The Kier molecular flexibility index (Phi) is 8.57. The minimum atomic E-state index is -0.0994. The highest BCUT2D eigenvalue weighted by molar-refractivity contribution is 8.00. The van der Waals surface area contributed by atoms with E-state index in [1.165, 1.54) is 18.2 Å². The molecule has 30 heavy (non-hydrogen) atoms. The topological polar surface area (TPSA) is 73.0 Å². The van der Waals surface area contributed by atoms with E-state index < -0.39 is 0 Å². The maximum absolute atomic E-state index is 12.4. The normalized spacial score (nSPS) is 17.6. The van der Waals surface area contributed by atoms with Crippen molar-refractivity contribution in [3.63, 3.8) is 0 Å². The summed E-state index contributed by atoms with van der Waals surface area (Å²) in [5, 5.41) is 2.85. The Balaban J connectivity index is 1.30. The number of piperidine rings is 1. The Labute approximate surface area is 183 Å². The molecule has 0 radical (unpaired) electrons. The minimum absolute atomic E-state index is 0.0603. The third-order valence-corrected chi connectivity index (χ3v) is 6.50. The molecule has 2 heterocycles. The number of rotatable bonds is 7. The van der Waals surface area contributed by atoms with Crippen LogP contribution in [0.2, 0.25) is 0 Å². The number of aryl methyl sites for hydroxylation is 1. The van der Waals surface area contributed by atoms with E-state index >= 15 is 0 Å². The van der Waals surface area contributed by atoms with Gasteiger partial charge in [-0.1, -0.05) is 17.7 Å². The zero-order valence-corrected chi connectivity index (χ0v) is 18.6. The number of likely N-dealkylation sites (tertiary alicyclic amines) is 1. The van der Waals surface area contributed by atoms with E-state index in [1.54, 1.807) is 0 Å². The summed E-state index contributed by atoms with van der Waals surface area (Å²) in [5.41, 5.74) is 1.91. The summed E-state index contributed by atoms with van der Waals surface area (Å²) in [6, 6.07) is 7.65. The van der Waals surface area contributed by atoms with Crippen LogP contribution in [0.5, 0.6) is 0 Å². The van der Waals surface area contributed by atoms with E-state index in [-0.39, 0.29) is 23.5 Å². The molecule has 0 aliphatic carbocycles. The van der Waals surface area contributed by atoms with E-state index in [2.05, 4.69) is 10.2 Å². The summed E-state index contributed by atoms with van der Waals surface area (Å²) in [6.45, 7) is 6.95. The van der Waals surface area contributed by atoms with Gasteiger partial charge in [0.2, 0.25) is 17.7 Å². The van der Waals surface area contributed by atoms with Crippen LogP contribution in [0, 0.1) is 6.92 Å². The lowest BCUT2D eigenvalue weighted by atomic mass is 10.1. The van der Waals surface area contributed by atoms with Crippen molar-refractivity contribution in [2.75, 3.05) is 62.6 Å². The first-order valence-corrected chi connectivity index (χ1v) is 11.9. The van der Waals surface area contributed by atoms with Gasteiger partial charge in [-0.2, -0.15) is 0 Å². The van der Waals surface area contributed by atoms with Crippen molar-refractivity contribution in [3.8, 4) is 0 Å². The quantitative estimate of drug-likeness (QED) is 0.712. The maximum Gasteiger partial charge on any atom is 0.236 e. The molecule has 1 N–H and O–H groups in total. The average molecular weight is 433 g/mol. The molecule has 0 unspecified atom stereocenters. The predicted octanol–water partition coefficient (Wildman–Crippen LogP) is 1.82. The van der Waals surface area contributed by atoms with Crippen molar-refractivity contribution in [2.45, 2.75) is 26.2 Å².